The number of nitrogens with zero attached hydrogens (tertiary/aromatic N) is 6. The lowest BCUT2D eigenvalue weighted by molar-refractivity contribution is 0.119. The summed E-state index contributed by atoms with van der Waals surface area (Å²) >= 11 is 0. The molecule has 1 N–H and O–H groups in total. The van der Waals surface area contributed by atoms with Crippen LogP contribution in [0, 0.1) is 0 Å². The molecule has 0 bridgehead atoms. The van der Waals surface area contributed by atoms with Crippen LogP contribution >= 0.6 is 0 Å². The molecule has 2 aliphatic rings. The van der Waals surface area contributed by atoms with Crippen molar-refractivity contribution in [1.29, 1.82) is 0 Å². The maximum Gasteiger partial charge on any atom is 0.253 e. The summed E-state index contributed by atoms with van der Waals surface area (Å²) in [5, 5.41) is 13.9. The van der Waals surface area contributed by atoms with E-state index < -0.39 is 0 Å². The second-order valence-electron chi connectivity index (χ2n) is 9.25. The summed E-state index contributed by atoms with van der Waals surface area (Å²) in [6.07, 6.45) is 5.82. The summed E-state index contributed by atoms with van der Waals surface area (Å²) < 4.78 is 7.70. The number of aromatic amines is 1. The van der Waals surface area contributed by atoms with Gasteiger partial charge in [-0.1, -0.05) is 19.3 Å². The van der Waals surface area contributed by atoms with Crippen LogP contribution < -0.4 is 10.3 Å². The zero-order chi connectivity index (χ0) is 22.8. The molecule has 9 heteroatoms. The van der Waals surface area contributed by atoms with E-state index in [1.807, 2.05) is 35.9 Å². The molecule has 0 spiro atoms. The van der Waals surface area contributed by atoms with Gasteiger partial charge >= 0.3 is 0 Å². The maximum atomic E-state index is 13.4. The van der Waals surface area contributed by atoms with Crippen LogP contribution in [0.4, 0.5) is 0 Å². The molecule has 2 fully saturated rings. The first-order valence-corrected chi connectivity index (χ1v) is 12.1. The largest absolute Gasteiger partial charge is 0.494 e. The average molecular weight is 452 g/mol. The molecule has 1 aliphatic carbocycles. The third kappa shape index (κ3) is 4.52. The summed E-state index contributed by atoms with van der Waals surface area (Å²) in [6, 6.07) is 7.79. The zero-order valence-corrected chi connectivity index (χ0v) is 19.5. The summed E-state index contributed by atoms with van der Waals surface area (Å²) in [4.78, 5) is 21.1. The number of ether oxygens (including phenoxy) is 1. The first kappa shape index (κ1) is 22.0. The molecule has 1 atom stereocenters. The molecule has 1 saturated heterocycles. The number of piperazine rings is 1. The standard InChI is InChI=1S/C24H33N7O2/c1-3-33-19-9-10-21-17(15-19)16-20(24(32)25-21)22(30-13-11-29(2)12-14-30)23-26-27-28-31(23)18-7-5-4-6-8-18/h9-10,15-16,18,22H,3-8,11-14H2,1-2H3,(H,25,32)/t22-/m1/s1. The van der Waals surface area contributed by atoms with E-state index >= 15 is 0 Å². The quantitative estimate of drug-likeness (QED) is 0.616. The van der Waals surface area contributed by atoms with Gasteiger partial charge in [-0.05, 0) is 61.5 Å². The smallest absolute Gasteiger partial charge is 0.253 e. The van der Waals surface area contributed by atoms with Crippen LogP contribution in [0.5, 0.6) is 5.75 Å². The second-order valence-corrected chi connectivity index (χ2v) is 9.25. The molecule has 3 heterocycles. The Labute approximate surface area is 193 Å². The predicted molar refractivity (Wildman–Crippen MR) is 127 cm³/mol. The van der Waals surface area contributed by atoms with Gasteiger partial charge in [0.05, 0.1) is 12.6 Å². The molecule has 9 nitrogen and oxygen atoms in total. The van der Waals surface area contributed by atoms with Gasteiger partial charge in [0.15, 0.2) is 5.82 Å². The van der Waals surface area contributed by atoms with Gasteiger partial charge in [-0.3, -0.25) is 9.69 Å². The van der Waals surface area contributed by atoms with E-state index in [0.29, 0.717) is 18.2 Å². The maximum absolute atomic E-state index is 13.4. The van der Waals surface area contributed by atoms with Crippen molar-refractivity contribution in [3.63, 3.8) is 0 Å². The fourth-order valence-electron chi connectivity index (χ4n) is 5.21. The van der Waals surface area contributed by atoms with Crippen molar-refractivity contribution in [3.8, 4) is 5.75 Å². The van der Waals surface area contributed by atoms with Gasteiger partial charge in [0.2, 0.25) is 0 Å². The Kier molecular flexibility index (Phi) is 6.41. The number of nitrogens with one attached hydrogen (secondary N) is 1. The van der Waals surface area contributed by atoms with Gasteiger partial charge in [-0.15, -0.1) is 5.10 Å². The van der Waals surface area contributed by atoms with Crippen LogP contribution in [0.25, 0.3) is 10.9 Å². The molecule has 5 rings (SSSR count). The molecule has 1 aliphatic heterocycles. The van der Waals surface area contributed by atoms with Crippen molar-refractivity contribution in [2.24, 2.45) is 0 Å². The first-order chi connectivity index (χ1) is 16.1. The minimum absolute atomic E-state index is 0.0891. The molecular weight excluding hydrogens is 418 g/mol. The van der Waals surface area contributed by atoms with Crippen molar-refractivity contribution >= 4 is 10.9 Å². The Morgan fingerprint density at radius 1 is 1.12 bits per heavy atom. The average Bonchev–Trinajstić information content (AvgIpc) is 3.31. The van der Waals surface area contributed by atoms with Gasteiger partial charge in [0.25, 0.3) is 5.56 Å². The SMILES string of the molecule is CCOc1ccc2[nH]c(=O)c([C@H](c3nnnn3C3CCCCC3)N3CCN(C)CC3)cc2c1. The minimum atomic E-state index is -0.292. The lowest BCUT2D eigenvalue weighted by Gasteiger charge is -2.37. The highest BCUT2D eigenvalue weighted by atomic mass is 16.5. The normalized spacial score (nSPS) is 19.7. The monoisotopic (exact) mass is 451 g/mol. The summed E-state index contributed by atoms with van der Waals surface area (Å²) in [7, 11) is 2.14. The van der Waals surface area contributed by atoms with Crippen LogP contribution in [-0.2, 0) is 0 Å². The Balaban J connectivity index is 1.61. The number of benzene rings is 1. The van der Waals surface area contributed by atoms with E-state index in [1.54, 1.807) is 0 Å². The lowest BCUT2D eigenvalue weighted by atomic mass is 9.95. The number of H-pyrrole nitrogens is 1. The van der Waals surface area contributed by atoms with E-state index in [0.717, 1.165) is 61.5 Å². The molecule has 3 aromatic rings. The number of aromatic nitrogens is 5. The number of tetrazole rings is 1. The Bertz CT molecular complexity index is 1140. The number of hydrogen-bond acceptors (Lipinski definition) is 7. The van der Waals surface area contributed by atoms with Gasteiger partial charge in [-0.2, -0.15) is 0 Å². The van der Waals surface area contributed by atoms with Crippen molar-refractivity contribution in [1.82, 2.24) is 35.0 Å². The summed E-state index contributed by atoms with van der Waals surface area (Å²) in [6.45, 7) is 6.17. The van der Waals surface area contributed by atoms with Crippen LogP contribution in [0.2, 0.25) is 0 Å². The topological polar surface area (TPSA) is 92.2 Å². The Hall–Kier alpha value is -2.78. The fraction of sp³-hybridized carbons (Fsp3) is 0.583. The molecular formula is C24H33N7O2. The second kappa shape index (κ2) is 9.61. The number of likely N-dealkylation sites (N-methyl/N-ethyl adjacent to an activating group) is 1. The van der Waals surface area contributed by atoms with Crippen molar-refractivity contribution in [3.05, 3.63) is 46.0 Å². The number of rotatable bonds is 6. The predicted octanol–water partition coefficient (Wildman–Crippen LogP) is 2.76. The number of pyridine rings is 1. The van der Waals surface area contributed by atoms with Crippen LogP contribution in [0.15, 0.2) is 29.1 Å². The third-order valence-corrected chi connectivity index (χ3v) is 7.04. The summed E-state index contributed by atoms with van der Waals surface area (Å²) in [5.41, 5.74) is 1.40. The molecule has 0 unspecified atom stereocenters. The lowest BCUT2D eigenvalue weighted by Crippen LogP contribution is -2.47. The third-order valence-electron chi connectivity index (χ3n) is 7.04. The van der Waals surface area contributed by atoms with Crippen molar-refractivity contribution < 1.29 is 4.74 Å². The van der Waals surface area contributed by atoms with E-state index in [2.05, 4.69) is 37.4 Å². The van der Waals surface area contributed by atoms with E-state index in [-0.39, 0.29) is 11.6 Å². The molecule has 1 aromatic carbocycles. The van der Waals surface area contributed by atoms with Crippen LogP contribution in [0.1, 0.15) is 62.5 Å². The van der Waals surface area contributed by atoms with Crippen LogP contribution in [0.3, 0.4) is 0 Å². The van der Waals surface area contributed by atoms with Crippen molar-refractivity contribution in [2.75, 3.05) is 39.8 Å². The number of fused-ring (bicyclic) bond motifs is 1. The summed E-state index contributed by atoms with van der Waals surface area (Å²) in [5.74, 6) is 1.57. The number of hydrogen-bond donors (Lipinski definition) is 1. The van der Waals surface area contributed by atoms with Gasteiger partial charge in [0, 0.05) is 42.6 Å². The highest BCUT2D eigenvalue weighted by molar-refractivity contribution is 5.80. The molecule has 1 saturated carbocycles. The molecule has 0 amide bonds. The Morgan fingerprint density at radius 2 is 1.91 bits per heavy atom. The van der Waals surface area contributed by atoms with E-state index in [4.69, 9.17) is 4.74 Å². The van der Waals surface area contributed by atoms with Gasteiger partial charge in [0.1, 0.15) is 11.8 Å². The van der Waals surface area contributed by atoms with E-state index in [1.165, 1.54) is 19.3 Å². The van der Waals surface area contributed by atoms with Crippen LogP contribution in [-0.4, -0.2) is 74.8 Å². The fourth-order valence-corrected chi connectivity index (χ4v) is 5.21. The van der Waals surface area contributed by atoms with Gasteiger partial charge in [-0.25, -0.2) is 4.68 Å². The van der Waals surface area contributed by atoms with E-state index in [9.17, 15) is 4.79 Å². The van der Waals surface area contributed by atoms with Gasteiger partial charge < -0.3 is 14.6 Å². The minimum Gasteiger partial charge on any atom is -0.494 e. The molecule has 33 heavy (non-hydrogen) atoms. The first-order valence-electron chi connectivity index (χ1n) is 12.1. The Morgan fingerprint density at radius 3 is 2.67 bits per heavy atom. The molecule has 0 radical (unpaired) electrons. The molecule has 176 valence electrons. The zero-order valence-electron chi connectivity index (χ0n) is 19.5. The highest BCUT2D eigenvalue weighted by Crippen LogP contribution is 2.33. The van der Waals surface area contributed by atoms with Crippen molar-refractivity contribution in [2.45, 2.75) is 51.1 Å². The molecule has 2 aromatic heterocycles. The highest BCUT2D eigenvalue weighted by Gasteiger charge is 2.34.